The molecule has 0 spiro atoms. The lowest BCUT2D eigenvalue weighted by atomic mass is 10.0. The molecule has 34 heavy (non-hydrogen) atoms. The van der Waals surface area contributed by atoms with Crippen LogP contribution < -0.4 is 0 Å². The third-order valence-corrected chi connectivity index (χ3v) is 5.87. The maximum absolute atomic E-state index is 14.3. The molecule has 2 aromatic carbocycles. The van der Waals surface area contributed by atoms with Gasteiger partial charge in [-0.25, -0.2) is 9.40 Å². The number of hydrazone groups is 1. The zero-order chi connectivity index (χ0) is 24.1. The van der Waals surface area contributed by atoms with E-state index < -0.39 is 11.7 Å². The van der Waals surface area contributed by atoms with Crippen molar-refractivity contribution in [3.05, 3.63) is 95.6 Å². The molecular weight excluding hydrogens is 435 g/mol. The summed E-state index contributed by atoms with van der Waals surface area (Å²) < 4.78 is 21.4. The average Bonchev–Trinajstić information content (AvgIpc) is 3.48. The summed E-state index contributed by atoms with van der Waals surface area (Å²) >= 11 is 0. The molecular formula is C26H27FN4O3. The number of halogens is 1. The highest BCUT2D eigenvalue weighted by molar-refractivity contribution is 6.02. The molecule has 1 aliphatic rings. The highest BCUT2D eigenvalue weighted by Crippen LogP contribution is 2.33. The van der Waals surface area contributed by atoms with Gasteiger partial charge in [-0.15, -0.1) is 0 Å². The van der Waals surface area contributed by atoms with Gasteiger partial charge in [-0.3, -0.25) is 9.59 Å². The molecule has 4 rings (SSSR count). The van der Waals surface area contributed by atoms with Gasteiger partial charge in [-0.1, -0.05) is 42.5 Å². The van der Waals surface area contributed by atoms with Crippen molar-refractivity contribution in [3.8, 4) is 0 Å². The van der Waals surface area contributed by atoms with Crippen LogP contribution in [-0.4, -0.2) is 58.8 Å². The molecule has 0 aliphatic carbocycles. The van der Waals surface area contributed by atoms with Crippen LogP contribution in [0, 0.1) is 5.82 Å². The summed E-state index contributed by atoms with van der Waals surface area (Å²) in [7, 11) is 3.44. The number of aromatic nitrogens is 1. The van der Waals surface area contributed by atoms with E-state index in [1.54, 1.807) is 6.07 Å². The van der Waals surface area contributed by atoms with E-state index in [0.717, 1.165) is 17.0 Å². The van der Waals surface area contributed by atoms with Gasteiger partial charge in [0.05, 0.1) is 29.6 Å². The first kappa shape index (κ1) is 23.4. The van der Waals surface area contributed by atoms with Crippen molar-refractivity contribution < 1.29 is 18.7 Å². The Morgan fingerprint density at radius 2 is 1.82 bits per heavy atom. The highest BCUT2D eigenvalue weighted by atomic mass is 19.1. The molecule has 7 nitrogen and oxygen atoms in total. The number of hydrogen-bond acceptors (Lipinski definition) is 4. The lowest BCUT2D eigenvalue weighted by Crippen LogP contribution is -2.43. The minimum atomic E-state index is -0.630. The third-order valence-electron chi connectivity index (χ3n) is 5.87. The summed E-state index contributed by atoms with van der Waals surface area (Å²) in [4.78, 5) is 27.9. The van der Waals surface area contributed by atoms with E-state index >= 15 is 0 Å². The van der Waals surface area contributed by atoms with Crippen LogP contribution in [0.5, 0.6) is 0 Å². The summed E-state index contributed by atoms with van der Waals surface area (Å²) in [6.07, 6.45) is 2.48. The van der Waals surface area contributed by atoms with Crippen molar-refractivity contribution in [1.29, 1.82) is 0 Å². The zero-order valence-electron chi connectivity index (χ0n) is 19.2. The van der Waals surface area contributed by atoms with Gasteiger partial charge in [0.15, 0.2) is 0 Å². The quantitative estimate of drug-likeness (QED) is 0.514. The van der Waals surface area contributed by atoms with E-state index in [2.05, 4.69) is 5.10 Å². The highest BCUT2D eigenvalue weighted by Gasteiger charge is 2.35. The largest absolute Gasteiger partial charge is 0.383 e. The van der Waals surface area contributed by atoms with Gasteiger partial charge in [-0.2, -0.15) is 5.10 Å². The van der Waals surface area contributed by atoms with E-state index in [9.17, 15) is 14.0 Å². The minimum absolute atomic E-state index is 0.0829. The monoisotopic (exact) mass is 462 g/mol. The fraction of sp³-hybridized carbons (Fsp3) is 0.269. The van der Waals surface area contributed by atoms with Crippen molar-refractivity contribution in [2.45, 2.75) is 12.5 Å². The van der Waals surface area contributed by atoms with Crippen molar-refractivity contribution in [2.24, 2.45) is 12.1 Å². The van der Waals surface area contributed by atoms with Gasteiger partial charge < -0.3 is 14.2 Å². The minimum Gasteiger partial charge on any atom is -0.383 e. The summed E-state index contributed by atoms with van der Waals surface area (Å²) in [6, 6.07) is 19.0. The fourth-order valence-corrected chi connectivity index (χ4v) is 4.09. The summed E-state index contributed by atoms with van der Waals surface area (Å²) in [5.41, 5.74) is 2.58. The Bertz CT molecular complexity index is 1190. The van der Waals surface area contributed by atoms with Crippen LogP contribution >= 0.6 is 0 Å². The van der Waals surface area contributed by atoms with Crippen LogP contribution in [0.2, 0.25) is 0 Å². The van der Waals surface area contributed by atoms with Gasteiger partial charge in [-0.05, 0) is 29.8 Å². The molecule has 0 fully saturated rings. The van der Waals surface area contributed by atoms with Crippen molar-refractivity contribution in [1.82, 2.24) is 14.5 Å². The Balaban J connectivity index is 1.62. The van der Waals surface area contributed by atoms with Gasteiger partial charge in [0.1, 0.15) is 12.4 Å². The Kier molecular flexibility index (Phi) is 7.18. The predicted molar refractivity (Wildman–Crippen MR) is 127 cm³/mol. The zero-order valence-corrected chi connectivity index (χ0v) is 19.2. The number of rotatable bonds is 8. The van der Waals surface area contributed by atoms with Gasteiger partial charge in [0.2, 0.25) is 0 Å². The first-order chi connectivity index (χ1) is 16.5. The van der Waals surface area contributed by atoms with Crippen LogP contribution in [0.4, 0.5) is 4.39 Å². The number of carbonyl (C=O) groups excluding carboxylic acids is 2. The van der Waals surface area contributed by atoms with E-state index in [-0.39, 0.29) is 37.2 Å². The van der Waals surface area contributed by atoms with Gasteiger partial charge >= 0.3 is 0 Å². The SMILES string of the molecule is COCCN(CC(=O)N1N=C(c2cccn2C)C[C@@H]1c1ccccc1)C(=O)c1ccccc1F. The summed E-state index contributed by atoms with van der Waals surface area (Å²) in [5.74, 6) is -1.54. The van der Waals surface area contributed by atoms with Gasteiger partial charge in [0.25, 0.3) is 11.8 Å². The molecule has 1 atom stereocenters. The number of benzene rings is 2. The molecule has 1 aromatic heterocycles. The average molecular weight is 463 g/mol. The Labute approximate surface area is 198 Å². The van der Waals surface area contributed by atoms with Crippen LogP contribution in [0.1, 0.15) is 34.1 Å². The normalized spacial score (nSPS) is 15.3. The fourth-order valence-electron chi connectivity index (χ4n) is 4.09. The van der Waals surface area contributed by atoms with Crippen LogP contribution in [-0.2, 0) is 16.6 Å². The maximum Gasteiger partial charge on any atom is 0.262 e. The second kappa shape index (κ2) is 10.4. The third kappa shape index (κ3) is 4.92. The molecule has 2 heterocycles. The lowest BCUT2D eigenvalue weighted by molar-refractivity contribution is -0.133. The van der Waals surface area contributed by atoms with Crippen molar-refractivity contribution >= 4 is 17.5 Å². The number of aryl methyl sites for hydroxylation is 1. The van der Waals surface area contributed by atoms with E-state index in [4.69, 9.17) is 4.74 Å². The molecule has 2 amide bonds. The molecule has 0 saturated heterocycles. The molecule has 3 aromatic rings. The molecule has 0 radical (unpaired) electrons. The molecule has 0 N–H and O–H groups in total. The van der Waals surface area contributed by atoms with Crippen molar-refractivity contribution in [2.75, 3.05) is 26.8 Å². The molecule has 176 valence electrons. The van der Waals surface area contributed by atoms with Gasteiger partial charge in [0, 0.05) is 33.3 Å². The number of carbonyl (C=O) groups is 2. The van der Waals surface area contributed by atoms with Crippen LogP contribution in [0.25, 0.3) is 0 Å². The number of hydrogen-bond donors (Lipinski definition) is 0. The molecule has 8 heteroatoms. The molecule has 0 saturated carbocycles. The second-order valence-electron chi connectivity index (χ2n) is 8.12. The number of amides is 2. The van der Waals surface area contributed by atoms with E-state index in [1.807, 2.05) is 60.3 Å². The standard InChI is InChI=1S/C26H27FN4O3/c1-29-14-8-13-23(29)22-17-24(19-9-4-3-5-10-19)31(28-22)25(32)18-30(15-16-34-2)26(33)20-11-6-7-12-21(20)27/h3-14,24H,15-18H2,1-2H3/t24-/m1/s1. The van der Waals surface area contributed by atoms with E-state index in [1.165, 1.54) is 35.2 Å². The molecule has 0 bridgehead atoms. The Morgan fingerprint density at radius 1 is 1.09 bits per heavy atom. The Morgan fingerprint density at radius 3 is 2.50 bits per heavy atom. The number of ether oxygens (including phenoxy) is 1. The van der Waals surface area contributed by atoms with Crippen LogP contribution in [0.3, 0.4) is 0 Å². The first-order valence-corrected chi connectivity index (χ1v) is 11.1. The Hall–Kier alpha value is -3.78. The molecule has 1 aliphatic heterocycles. The van der Waals surface area contributed by atoms with Crippen LogP contribution in [0.15, 0.2) is 78.0 Å². The summed E-state index contributed by atoms with van der Waals surface area (Å²) in [5, 5.41) is 6.12. The van der Waals surface area contributed by atoms with Crippen molar-refractivity contribution in [3.63, 3.8) is 0 Å². The maximum atomic E-state index is 14.3. The summed E-state index contributed by atoms with van der Waals surface area (Å²) in [6.45, 7) is 0.116. The number of methoxy groups -OCH3 is 1. The second-order valence-corrected chi connectivity index (χ2v) is 8.12. The smallest absolute Gasteiger partial charge is 0.262 e. The van der Waals surface area contributed by atoms with E-state index in [0.29, 0.717) is 6.42 Å². The molecule has 0 unspecified atom stereocenters. The topological polar surface area (TPSA) is 67.1 Å². The lowest BCUT2D eigenvalue weighted by Gasteiger charge is -2.27. The number of nitrogens with zero attached hydrogens (tertiary/aromatic N) is 4. The first-order valence-electron chi connectivity index (χ1n) is 11.1. The predicted octanol–water partition coefficient (Wildman–Crippen LogP) is 3.63.